The highest BCUT2D eigenvalue weighted by Gasteiger charge is 2.17. The number of carbonyl (C=O) groups excluding carboxylic acids is 1. The van der Waals surface area contributed by atoms with Crippen molar-refractivity contribution >= 4 is 23.0 Å². The SMILES string of the molecule is Cc1cc(N2CCOCC2)ncc1C(=O)Cc1ccncc1Nc1ccc(F)cc1F. The van der Waals surface area contributed by atoms with Gasteiger partial charge in [0.15, 0.2) is 5.78 Å². The molecule has 0 radical (unpaired) electrons. The maximum absolute atomic E-state index is 14.0. The number of ether oxygens (including phenoxy) is 1. The summed E-state index contributed by atoms with van der Waals surface area (Å²) in [6.45, 7) is 4.75. The molecule has 3 heterocycles. The van der Waals surface area contributed by atoms with E-state index >= 15 is 0 Å². The second-order valence-electron chi connectivity index (χ2n) is 7.34. The molecule has 1 fully saturated rings. The van der Waals surface area contributed by atoms with Crippen molar-refractivity contribution < 1.29 is 18.3 Å². The minimum absolute atomic E-state index is 0.0904. The van der Waals surface area contributed by atoms with Gasteiger partial charge in [0.25, 0.3) is 0 Å². The first-order valence-corrected chi connectivity index (χ1v) is 9.99. The van der Waals surface area contributed by atoms with Gasteiger partial charge >= 0.3 is 0 Å². The van der Waals surface area contributed by atoms with E-state index in [1.807, 2.05) is 13.0 Å². The number of pyridine rings is 2. The molecule has 2 aromatic heterocycles. The van der Waals surface area contributed by atoms with Crippen LogP contribution in [0, 0.1) is 18.6 Å². The monoisotopic (exact) mass is 424 g/mol. The number of benzene rings is 1. The van der Waals surface area contributed by atoms with Gasteiger partial charge in [-0.2, -0.15) is 0 Å². The molecule has 0 saturated carbocycles. The van der Waals surface area contributed by atoms with Gasteiger partial charge < -0.3 is 15.0 Å². The lowest BCUT2D eigenvalue weighted by molar-refractivity contribution is 0.0992. The molecule has 1 aliphatic heterocycles. The zero-order chi connectivity index (χ0) is 21.8. The first-order chi connectivity index (χ1) is 15.0. The van der Waals surface area contributed by atoms with E-state index in [-0.39, 0.29) is 17.9 Å². The molecule has 6 nitrogen and oxygen atoms in total. The molecule has 0 amide bonds. The Morgan fingerprint density at radius 1 is 1.13 bits per heavy atom. The summed E-state index contributed by atoms with van der Waals surface area (Å²) in [6, 6.07) is 6.89. The lowest BCUT2D eigenvalue weighted by Crippen LogP contribution is -2.36. The fourth-order valence-corrected chi connectivity index (χ4v) is 3.49. The molecule has 1 aliphatic rings. The van der Waals surface area contributed by atoms with Gasteiger partial charge in [0, 0.05) is 43.5 Å². The van der Waals surface area contributed by atoms with E-state index in [4.69, 9.17) is 4.74 Å². The van der Waals surface area contributed by atoms with Gasteiger partial charge in [-0.05, 0) is 42.3 Å². The Kier molecular flexibility index (Phi) is 6.18. The van der Waals surface area contributed by atoms with E-state index in [1.165, 1.54) is 12.3 Å². The average molecular weight is 424 g/mol. The predicted molar refractivity (Wildman–Crippen MR) is 114 cm³/mol. The first-order valence-electron chi connectivity index (χ1n) is 9.99. The van der Waals surface area contributed by atoms with Crippen LogP contribution in [0.1, 0.15) is 21.5 Å². The number of aryl methyl sites for hydroxylation is 1. The maximum Gasteiger partial charge on any atom is 0.169 e. The summed E-state index contributed by atoms with van der Waals surface area (Å²) in [5, 5.41) is 2.90. The second kappa shape index (κ2) is 9.18. The molecule has 1 N–H and O–H groups in total. The van der Waals surface area contributed by atoms with Crippen LogP contribution in [-0.2, 0) is 11.2 Å². The Hall–Kier alpha value is -3.39. The van der Waals surface area contributed by atoms with Crippen molar-refractivity contribution in [2.75, 3.05) is 36.5 Å². The molecule has 160 valence electrons. The standard InChI is InChI=1S/C23H22F2N4O2/c1-15-10-23(29-6-8-31-9-7-29)27-13-18(15)22(30)11-16-4-5-26-14-21(16)28-20-3-2-17(24)12-19(20)25/h2-5,10,12-14,28H,6-9,11H2,1H3. The van der Waals surface area contributed by atoms with Gasteiger partial charge in [0.1, 0.15) is 17.5 Å². The number of carbonyl (C=O) groups is 1. The fourth-order valence-electron chi connectivity index (χ4n) is 3.49. The van der Waals surface area contributed by atoms with E-state index < -0.39 is 11.6 Å². The summed E-state index contributed by atoms with van der Waals surface area (Å²) in [6.07, 6.45) is 4.78. The number of hydrogen-bond donors (Lipinski definition) is 1. The molecule has 3 aromatic rings. The molecule has 0 atom stereocenters. The van der Waals surface area contributed by atoms with Crippen LogP contribution in [0.3, 0.4) is 0 Å². The maximum atomic E-state index is 14.0. The third-order valence-electron chi connectivity index (χ3n) is 5.19. The van der Waals surface area contributed by atoms with Crippen LogP contribution in [0.25, 0.3) is 0 Å². The number of anilines is 3. The van der Waals surface area contributed by atoms with Crippen LogP contribution in [0.2, 0.25) is 0 Å². The zero-order valence-corrected chi connectivity index (χ0v) is 17.1. The second-order valence-corrected chi connectivity index (χ2v) is 7.34. The number of Topliss-reactive ketones (excluding diaryl/α,β-unsaturated/α-hetero) is 1. The Morgan fingerprint density at radius 3 is 2.68 bits per heavy atom. The van der Waals surface area contributed by atoms with Gasteiger partial charge in [0.05, 0.1) is 30.8 Å². The lowest BCUT2D eigenvalue weighted by Gasteiger charge is -2.28. The van der Waals surface area contributed by atoms with Gasteiger partial charge in [0.2, 0.25) is 0 Å². The minimum atomic E-state index is -0.722. The van der Waals surface area contributed by atoms with Gasteiger partial charge in [-0.1, -0.05) is 0 Å². The van der Waals surface area contributed by atoms with Crippen molar-refractivity contribution in [1.29, 1.82) is 0 Å². The zero-order valence-electron chi connectivity index (χ0n) is 17.1. The molecule has 0 unspecified atom stereocenters. The van der Waals surface area contributed by atoms with Crippen molar-refractivity contribution in [3.05, 3.63) is 77.2 Å². The van der Waals surface area contributed by atoms with Crippen LogP contribution < -0.4 is 10.2 Å². The molecule has 4 rings (SSSR count). The highest BCUT2D eigenvalue weighted by atomic mass is 19.1. The molecule has 0 spiro atoms. The quantitative estimate of drug-likeness (QED) is 0.602. The molecular formula is C23H22F2N4O2. The number of nitrogens with zero attached hydrogens (tertiary/aromatic N) is 3. The van der Waals surface area contributed by atoms with Crippen LogP contribution in [-0.4, -0.2) is 42.1 Å². The molecule has 8 heteroatoms. The summed E-state index contributed by atoms with van der Waals surface area (Å²) in [7, 11) is 0. The Labute approximate surface area is 178 Å². The Morgan fingerprint density at radius 2 is 1.94 bits per heavy atom. The predicted octanol–water partition coefficient (Wildman–Crippen LogP) is 4.07. The third-order valence-corrected chi connectivity index (χ3v) is 5.19. The van der Waals surface area contributed by atoms with Crippen LogP contribution in [0.5, 0.6) is 0 Å². The smallest absolute Gasteiger partial charge is 0.169 e. The van der Waals surface area contributed by atoms with E-state index in [1.54, 1.807) is 18.5 Å². The number of rotatable bonds is 6. The first kappa shape index (κ1) is 20.9. The normalized spacial score (nSPS) is 13.8. The number of hydrogen-bond acceptors (Lipinski definition) is 6. The van der Waals surface area contributed by atoms with Crippen molar-refractivity contribution in [3.8, 4) is 0 Å². The number of morpholine rings is 1. The minimum Gasteiger partial charge on any atom is -0.378 e. The number of aromatic nitrogens is 2. The van der Waals surface area contributed by atoms with Gasteiger partial charge in [-0.3, -0.25) is 9.78 Å². The molecule has 1 aromatic carbocycles. The van der Waals surface area contributed by atoms with Gasteiger partial charge in [-0.15, -0.1) is 0 Å². The number of halogens is 2. The fraction of sp³-hybridized carbons (Fsp3) is 0.261. The summed E-state index contributed by atoms with van der Waals surface area (Å²) in [4.78, 5) is 23.6. The molecule has 1 saturated heterocycles. The molecule has 0 aliphatic carbocycles. The van der Waals surface area contributed by atoms with E-state index in [0.717, 1.165) is 36.6 Å². The van der Waals surface area contributed by atoms with Gasteiger partial charge in [-0.25, -0.2) is 13.8 Å². The van der Waals surface area contributed by atoms with Crippen LogP contribution in [0.4, 0.5) is 26.0 Å². The van der Waals surface area contributed by atoms with E-state index in [2.05, 4.69) is 20.2 Å². The molecule has 0 bridgehead atoms. The summed E-state index contributed by atoms with van der Waals surface area (Å²) >= 11 is 0. The lowest BCUT2D eigenvalue weighted by atomic mass is 10.0. The summed E-state index contributed by atoms with van der Waals surface area (Å²) in [5.41, 5.74) is 2.62. The van der Waals surface area contributed by atoms with Crippen molar-refractivity contribution in [2.45, 2.75) is 13.3 Å². The van der Waals surface area contributed by atoms with Crippen molar-refractivity contribution in [2.24, 2.45) is 0 Å². The van der Waals surface area contributed by atoms with Crippen molar-refractivity contribution in [1.82, 2.24) is 9.97 Å². The topological polar surface area (TPSA) is 67.3 Å². The van der Waals surface area contributed by atoms with Crippen molar-refractivity contribution in [3.63, 3.8) is 0 Å². The largest absolute Gasteiger partial charge is 0.378 e. The third kappa shape index (κ3) is 4.86. The van der Waals surface area contributed by atoms with E-state index in [9.17, 15) is 13.6 Å². The molecule has 31 heavy (non-hydrogen) atoms. The Bertz CT molecular complexity index is 1100. The van der Waals surface area contributed by atoms with E-state index in [0.29, 0.717) is 30.0 Å². The summed E-state index contributed by atoms with van der Waals surface area (Å²) in [5.74, 6) is -0.657. The highest BCUT2D eigenvalue weighted by Crippen LogP contribution is 2.25. The Balaban J connectivity index is 1.52. The molecular weight excluding hydrogens is 402 g/mol. The van der Waals surface area contributed by atoms with Crippen LogP contribution in [0.15, 0.2) is 48.9 Å². The average Bonchev–Trinajstić information content (AvgIpc) is 2.77. The summed E-state index contributed by atoms with van der Waals surface area (Å²) < 4.78 is 32.6. The number of ketones is 1. The number of nitrogens with one attached hydrogen (secondary N) is 1. The van der Waals surface area contributed by atoms with Crippen LogP contribution >= 0.6 is 0 Å². The highest BCUT2D eigenvalue weighted by molar-refractivity contribution is 5.99.